The van der Waals surface area contributed by atoms with E-state index in [9.17, 15) is 8.42 Å². The van der Waals surface area contributed by atoms with Gasteiger partial charge in [0.1, 0.15) is 11.5 Å². The molecule has 0 heterocycles. The second-order valence-electron chi connectivity index (χ2n) is 4.94. The lowest BCUT2D eigenvalue weighted by Crippen LogP contribution is -2.15. The van der Waals surface area contributed by atoms with Gasteiger partial charge in [-0.25, -0.2) is 8.42 Å². The van der Waals surface area contributed by atoms with Gasteiger partial charge in [0.05, 0.1) is 24.8 Å². The van der Waals surface area contributed by atoms with Gasteiger partial charge < -0.3 is 9.47 Å². The Morgan fingerprint density at radius 2 is 1.68 bits per heavy atom. The molecule has 0 aliphatic rings. The molecule has 0 atom stereocenters. The number of anilines is 1. The summed E-state index contributed by atoms with van der Waals surface area (Å²) in [4.78, 5) is 0.239. The van der Waals surface area contributed by atoms with Crippen LogP contribution in [0.4, 0.5) is 5.69 Å². The van der Waals surface area contributed by atoms with E-state index < -0.39 is 10.0 Å². The Morgan fingerprint density at radius 3 is 2.27 bits per heavy atom. The van der Waals surface area contributed by atoms with E-state index in [0.717, 1.165) is 5.56 Å². The molecule has 0 unspecified atom stereocenters. The van der Waals surface area contributed by atoms with Gasteiger partial charge in [0.2, 0.25) is 0 Å². The second-order valence-corrected chi connectivity index (χ2v) is 6.59. The largest absolute Gasteiger partial charge is 0.497 e. The molecule has 5 nitrogen and oxygen atoms in total. The van der Waals surface area contributed by atoms with Gasteiger partial charge in [0, 0.05) is 6.07 Å². The maximum absolute atomic E-state index is 12.6. The van der Waals surface area contributed by atoms with Crippen molar-refractivity contribution in [2.75, 3.05) is 18.9 Å². The Balaban J connectivity index is 2.44. The second kappa shape index (κ2) is 6.27. The van der Waals surface area contributed by atoms with Crippen LogP contribution in [0, 0.1) is 13.8 Å². The summed E-state index contributed by atoms with van der Waals surface area (Å²) in [6, 6.07) is 10.1. The van der Waals surface area contributed by atoms with Gasteiger partial charge in [0.15, 0.2) is 0 Å². The van der Waals surface area contributed by atoms with E-state index in [2.05, 4.69) is 4.72 Å². The predicted octanol–water partition coefficient (Wildman–Crippen LogP) is 3.12. The van der Waals surface area contributed by atoms with Crippen LogP contribution in [0.3, 0.4) is 0 Å². The zero-order chi connectivity index (χ0) is 16.3. The third-order valence-corrected chi connectivity index (χ3v) is 4.80. The minimum Gasteiger partial charge on any atom is -0.497 e. The molecule has 0 aliphatic carbocycles. The van der Waals surface area contributed by atoms with Crippen LogP contribution in [0.15, 0.2) is 41.3 Å². The number of hydrogen-bond donors (Lipinski definition) is 1. The Hall–Kier alpha value is -2.21. The summed E-state index contributed by atoms with van der Waals surface area (Å²) in [6.07, 6.45) is 0. The van der Waals surface area contributed by atoms with E-state index in [1.165, 1.54) is 14.2 Å². The third kappa shape index (κ3) is 3.33. The smallest absolute Gasteiger partial charge is 0.262 e. The van der Waals surface area contributed by atoms with Gasteiger partial charge in [-0.05, 0) is 37.6 Å². The first-order chi connectivity index (χ1) is 10.4. The van der Waals surface area contributed by atoms with Crippen molar-refractivity contribution in [3.63, 3.8) is 0 Å². The molecule has 0 aliphatic heterocycles. The number of rotatable bonds is 5. The van der Waals surface area contributed by atoms with Crippen LogP contribution in [0.1, 0.15) is 11.1 Å². The van der Waals surface area contributed by atoms with Gasteiger partial charge in [-0.1, -0.05) is 17.7 Å². The molecule has 2 rings (SSSR count). The summed E-state index contributed by atoms with van der Waals surface area (Å²) >= 11 is 0. The summed E-state index contributed by atoms with van der Waals surface area (Å²) < 4.78 is 38.1. The third-order valence-electron chi connectivity index (χ3n) is 3.27. The summed E-state index contributed by atoms with van der Waals surface area (Å²) in [6.45, 7) is 3.69. The van der Waals surface area contributed by atoms with E-state index in [4.69, 9.17) is 9.47 Å². The quantitative estimate of drug-likeness (QED) is 0.919. The van der Waals surface area contributed by atoms with Crippen molar-refractivity contribution in [2.45, 2.75) is 18.7 Å². The SMILES string of the molecule is COc1ccc(OC)c(NS(=O)(=O)c2ccc(C)cc2C)c1. The van der Waals surface area contributed by atoms with E-state index >= 15 is 0 Å². The fourth-order valence-electron chi connectivity index (χ4n) is 2.19. The molecule has 22 heavy (non-hydrogen) atoms. The molecule has 0 radical (unpaired) electrons. The number of methoxy groups -OCH3 is 2. The van der Waals surface area contributed by atoms with Gasteiger partial charge >= 0.3 is 0 Å². The van der Waals surface area contributed by atoms with Crippen molar-refractivity contribution in [3.8, 4) is 11.5 Å². The highest BCUT2D eigenvalue weighted by atomic mass is 32.2. The van der Waals surface area contributed by atoms with E-state index in [1.54, 1.807) is 37.3 Å². The molecule has 0 spiro atoms. The number of ether oxygens (including phenoxy) is 2. The minimum absolute atomic E-state index is 0.239. The maximum Gasteiger partial charge on any atom is 0.262 e. The van der Waals surface area contributed by atoms with E-state index in [1.807, 2.05) is 13.0 Å². The van der Waals surface area contributed by atoms with Crippen LogP contribution in [-0.4, -0.2) is 22.6 Å². The van der Waals surface area contributed by atoms with Crippen LogP contribution < -0.4 is 14.2 Å². The molecule has 1 N–H and O–H groups in total. The number of hydrogen-bond acceptors (Lipinski definition) is 4. The molecule has 0 saturated carbocycles. The molecular weight excluding hydrogens is 302 g/mol. The number of benzene rings is 2. The molecule has 0 fully saturated rings. The summed E-state index contributed by atoms with van der Waals surface area (Å²) in [5.41, 5.74) is 2.03. The highest BCUT2D eigenvalue weighted by Crippen LogP contribution is 2.31. The van der Waals surface area contributed by atoms with Gasteiger partial charge in [0.25, 0.3) is 10.0 Å². The molecule has 0 bridgehead atoms. The van der Waals surface area contributed by atoms with Crippen molar-refractivity contribution >= 4 is 15.7 Å². The molecule has 118 valence electrons. The monoisotopic (exact) mass is 321 g/mol. The van der Waals surface area contributed by atoms with Crippen molar-refractivity contribution < 1.29 is 17.9 Å². The number of aryl methyl sites for hydroxylation is 2. The first kappa shape index (κ1) is 16.2. The van der Waals surface area contributed by atoms with Crippen molar-refractivity contribution in [3.05, 3.63) is 47.5 Å². The Bertz CT molecular complexity index is 785. The Morgan fingerprint density at radius 1 is 0.955 bits per heavy atom. The summed E-state index contributed by atoms with van der Waals surface area (Å²) in [7, 11) is -0.703. The zero-order valence-corrected chi connectivity index (χ0v) is 13.8. The topological polar surface area (TPSA) is 64.6 Å². The van der Waals surface area contributed by atoms with Gasteiger partial charge in [-0.15, -0.1) is 0 Å². The minimum atomic E-state index is -3.70. The van der Waals surface area contributed by atoms with Crippen LogP contribution in [0.25, 0.3) is 0 Å². The van der Waals surface area contributed by atoms with Crippen LogP contribution in [0.2, 0.25) is 0 Å². The standard InChI is InChI=1S/C16H19NO4S/c1-11-5-8-16(12(2)9-11)22(18,19)17-14-10-13(20-3)6-7-15(14)21-4/h5-10,17H,1-4H3. The Kier molecular flexibility index (Phi) is 4.61. The van der Waals surface area contributed by atoms with Crippen molar-refractivity contribution in [1.29, 1.82) is 0 Å². The first-order valence-electron chi connectivity index (χ1n) is 6.69. The molecule has 0 amide bonds. The summed E-state index contributed by atoms with van der Waals surface area (Å²) in [5.74, 6) is 0.966. The maximum atomic E-state index is 12.6. The molecule has 0 aromatic heterocycles. The van der Waals surface area contributed by atoms with Crippen molar-refractivity contribution in [1.82, 2.24) is 0 Å². The van der Waals surface area contributed by atoms with Crippen LogP contribution >= 0.6 is 0 Å². The average molecular weight is 321 g/mol. The lowest BCUT2D eigenvalue weighted by atomic mass is 10.2. The molecule has 6 heteroatoms. The number of nitrogens with one attached hydrogen (secondary N) is 1. The molecular formula is C16H19NO4S. The molecule has 2 aromatic carbocycles. The fourth-order valence-corrected chi connectivity index (χ4v) is 3.48. The number of sulfonamides is 1. The Labute approximate surface area is 130 Å². The fraction of sp³-hybridized carbons (Fsp3) is 0.250. The first-order valence-corrected chi connectivity index (χ1v) is 8.18. The normalized spacial score (nSPS) is 11.1. The van der Waals surface area contributed by atoms with Gasteiger partial charge in [-0.2, -0.15) is 0 Å². The highest BCUT2D eigenvalue weighted by Gasteiger charge is 2.19. The highest BCUT2D eigenvalue weighted by molar-refractivity contribution is 7.92. The lowest BCUT2D eigenvalue weighted by molar-refractivity contribution is 0.405. The lowest BCUT2D eigenvalue weighted by Gasteiger charge is -2.14. The van der Waals surface area contributed by atoms with Crippen LogP contribution in [-0.2, 0) is 10.0 Å². The predicted molar refractivity (Wildman–Crippen MR) is 86.3 cm³/mol. The van der Waals surface area contributed by atoms with Crippen LogP contribution in [0.5, 0.6) is 11.5 Å². The van der Waals surface area contributed by atoms with E-state index in [0.29, 0.717) is 22.7 Å². The van der Waals surface area contributed by atoms with Gasteiger partial charge in [-0.3, -0.25) is 4.72 Å². The molecule has 0 saturated heterocycles. The molecule has 2 aromatic rings. The van der Waals surface area contributed by atoms with E-state index in [-0.39, 0.29) is 4.90 Å². The summed E-state index contributed by atoms with van der Waals surface area (Å²) in [5, 5.41) is 0. The zero-order valence-electron chi connectivity index (χ0n) is 13.0. The average Bonchev–Trinajstić information content (AvgIpc) is 2.46. The van der Waals surface area contributed by atoms with Crippen molar-refractivity contribution in [2.24, 2.45) is 0 Å².